The molecule has 1 aromatic heterocycles. The zero-order valence-corrected chi connectivity index (χ0v) is 8.36. The molecule has 0 spiro atoms. The van der Waals surface area contributed by atoms with Crippen LogP contribution in [0.15, 0.2) is 30.5 Å². The molecule has 0 aliphatic carbocycles. The number of H-pyrrole nitrogens is 1. The quantitative estimate of drug-likeness (QED) is 0.775. The first-order valence-electron chi connectivity index (χ1n) is 5.10. The SMILES string of the molecule is OCC1(c2ccc3[nH]ccc3c2)COC1. The highest BCUT2D eigenvalue weighted by Crippen LogP contribution is 2.33. The second-order valence-electron chi connectivity index (χ2n) is 4.21. The Morgan fingerprint density at radius 3 is 2.87 bits per heavy atom. The molecule has 15 heavy (non-hydrogen) atoms. The Bertz CT molecular complexity index is 480. The number of rotatable bonds is 2. The molecule has 1 aliphatic heterocycles. The Labute approximate surface area is 87.7 Å². The van der Waals surface area contributed by atoms with E-state index in [1.165, 1.54) is 10.9 Å². The summed E-state index contributed by atoms with van der Waals surface area (Å²) >= 11 is 0. The van der Waals surface area contributed by atoms with Gasteiger partial charge in [-0.05, 0) is 29.1 Å². The van der Waals surface area contributed by atoms with Crippen molar-refractivity contribution in [1.82, 2.24) is 4.98 Å². The van der Waals surface area contributed by atoms with Crippen molar-refractivity contribution in [2.24, 2.45) is 0 Å². The topological polar surface area (TPSA) is 45.2 Å². The number of aliphatic hydroxyl groups excluding tert-OH is 1. The van der Waals surface area contributed by atoms with Crippen molar-refractivity contribution < 1.29 is 9.84 Å². The van der Waals surface area contributed by atoms with Gasteiger partial charge in [-0.1, -0.05) is 6.07 Å². The number of benzene rings is 1. The first-order chi connectivity index (χ1) is 7.34. The lowest BCUT2D eigenvalue weighted by atomic mass is 9.79. The fourth-order valence-corrected chi connectivity index (χ4v) is 2.08. The zero-order chi connectivity index (χ0) is 10.3. The third kappa shape index (κ3) is 1.20. The monoisotopic (exact) mass is 203 g/mol. The van der Waals surface area contributed by atoms with Gasteiger partial charge >= 0.3 is 0 Å². The van der Waals surface area contributed by atoms with Gasteiger partial charge in [-0.25, -0.2) is 0 Å². The lowest BCUT2D eigenvalue weighted by Gasteiger charge is -2.40. The molecule has 0 radical (unpaired) electrons. The second-order valence-corrected chi connectivity index (χ2v) is 4.21. The van der Waals surface area contributed by atoms with E-state index in [4.69, 9.17) is 4.74 Å². The van der Waals surface area contributed by atoms with E-state index in [1.54, 1.807) is 0 Å². The predicted octanol–water partition coefficient (Wildman–Crippen LogP) is 1.43. The number of aliphatic hydroxyl groups is 1. The molecule has 0 unspecified atom stereocenters. The number of hydrogen-bond donors (Lipinski definition) is 2. The summed E-state index contributed by atoms with van der Waals surface area (Å²) in [5.41, 5.74) is 2.14. The molecular formula is C12H13NO2. The minimum Gasteiger partial charge on any atom is -0.395 e. The first kappa shape index (κ1) is 8.95. The van der Waals surface area contributed by atoms with Crippen LogP contribution in [0.1, 0.15) is 5.56 Å². The summed E-state index contributed by atoms with van der Waals surface area (Å²) < 4.78 is 5.21. The number of aromatic nitrogens is 1. The summed E-state index contributed by atoms with van der Waals surface area (Å²) in [6, 6.07) is 8.30. The van der Waals surface area contributed by atoms with E-state index in [0.29, 0.717) is 13.2 Å². The molecule has 0 amide bonds. The molecule has 0 atom stereocenters. The molecule has 2 N–H and O–H groups in total. The van der Waals surface area contributed by atoms with Gasteiger partial charge in [-0.15, -0.1) is 0 Å². The van der Waals surface area contributed by atoms with E-state index in [0.717, 1.165) is 5.52 Å². The van der Waals surface area contributed by atoms with Gasteiger partial charge in [0.15, 0.2) is 0 Å². The molecule has 0 saturated carbocycles. The summed E-state index contributed by atoms with van der Waals surface area (Å²) in [6.07, 6.45) is 1.93. The molecule has 1 fully saturated rings. The molecular weight excluding hydrogens is 190 g/mol. The molecule has 1 aromatic carbocycles. The van der Waals surface area contributed by atoms with E-state index < -0.39 is 0 Å². The normalized spacial score (nSPS) is 19.0. The highest BCUT2D eigenvalue weighted by Gasteiger charge is 2.39. The van der Waals surface area contributed by atoms with E-state index in [-0.39, 0.29) is 12.0 Å². The fraction of sp³-hybridized carbons (Fsp3) is 0.333. The molecule has 0 bridgehead atoms. The van der Waals surface area contributed by atoms with Gasteiger partial charge < -0.3 is 14.8 Å². The molecule has 78 valence electrons. The smallest absolute Gasteiger partial charge is 0.0651 e. The van der Waals surface area contributed by atoms with Crippen LogP contribution in [0.2, 0.25) is 0 Å². The van der Waals surface area contributed by atoms with E-state index in [9.17, 15) is 5.11 Å². The molecule has 2 aromatic rings. The van der Waals surface area contributed by atoms with Crippen LogP contribution in [0.5, 0.6) is 0 Å². The van der Waals surface area contributed by atoms with Crippen LogP contribution >= 0.6 is 0 Å². The van der Waals surface area contributed by atoms with Gasteiger partial charge in [0.2, 0.25) is 0 Å². The maximum atomic E-state index is 9.42. The van der Waals surface area contributed by atoms with Gasteiger partial charge in [0, 0.05) is 11.7 Å². The zero-order valence-electron chi connectivity index (χ0n) is 8.36. The van der Waals surface area contributed by atoms with Crippen molar-refractivity contribution in [2.75, 3.05) is 19.8 Å². The van der Waals surface area contributed by atoms with Gasteiger partial charge in [0.1, 0.15) is 0 Å². The number of hydrogen-bond acceptors (Lipinski definition) is 2. The van der Waals surface area contributed by atoms with Crippen molar-refractivity contribution >= 4 is 10.9 Å². The standard InChI is InChI=1S/C12H13NO2/c14-6-12(7-15-8-12)10-1-2-11-9(5-10)3-4-13-11/h1-5,13-14H,6-8H2. The van der Waals surface area contributed by atoms with Gasteiger partial charge in [0.05, 0.1) is 25.2 Å². The average molecular weight is 203 g/mol. The summed E-state index contributed by atoms with van der Waals surface area (Å²) in [5, 5.41) is 10.6. The van der Waals surface area contributed by atoms with Crippen LogP contribution in [-0.4, -0.2) is 29.9 Å². The lowest BCUT2D eigenvalue weighted by Crippen LogP contribution is -2.49. The highest BCUT2D eigenvalue weighted by molar-refractivity contribution is 5.80. The highest BCUT2D eigenvalue weighted by atomic mass is 16.5. The van der Waals surface area contributed by atoms with E-state index >= 15 is 0 Å². The maximum Gasteiger partial charge on any atom is 0.0651 e. The number of ether oxygens (including phenoxy) is 1. The number of fused-ring (bicyclic) bond motifs is 1. The van der Waals surface area contributed by atoms with Crippen molar-refractivity contribution in [3.05, 3.63) is 36.0 Å². The van der Waals surface area contributed by atoms with Crippen molar-refractivity contribution in [3.8, 4) is 0 Å². The molecule has 2 heterocycles. The Hall–Kier alpha value is -1.32. The Kier molecular flexibility index (Phi) is 1.84. The summed E-state index contributed by atoms with van der Waals surface area (Å²) in [7, 11) is 0. The third-order valence-corrected chi connectivity index (χ3v) is 3.23. The molecule has 3 heteroatoms. The van der Waals surface area contributed by atoms with Crippen LogP contribution in [0, 0.1) is 0 Å². The van der Waals surface area contributed by atoms with Crippen molar-refractivity contribution in [2.45, 2.75) is 5.41 Å². The minimum atomic E-state index is -0.161. The fourth-order valence-electron chi connectivity index (χ4n) is 2.08. The summed E-state index contributed by atoms with van der Waals surface area (Å²) in [5.74, 6) is 0. The average Bonchev–Trinajstić information content (AvgIpc) is 2.64. The first-order valence-corrected chi connectivity index (χ1v) is 5.10. The third-order valence-electron chi connectivity index (χ3n) is 3.23. The molecule has 3 nitrogen and oxygen atoms in total. The lowest BCUT2D eigenvalue weighted by molar-refractivity contribution is -0.0841. The maximum absolute atomic E-state index is 9.42. The number of aromatic amines is 1. The van der Waals surface area contributed by atoms with E-state index in [1.807, 2.05) is 12.3 Å². The number of nitrogens with one attached hydrogen (secondary N) is 1. The Balaban J connectivity index is 2.10. The molecule has 1 saturated heterocycles. The molecule has 1 aliphatic rings. The van der Waals surface area contributed by atoms with Crippen LogP contribution in [0.4, 0.5) is 0 Å². The Morgan fingerprint density at radius 2 is 2.20 bits per heavy atom. The van der Waals surface area contributed by atoms with Crippen LogP contribution in [0.25, 0.3) is 10.9 Å². The van der Waals surface area contributed by atoms with Gasteiger partial charge in [0.25, 0.3) is 0 Å². The molecule has 3 rings (SSSR count). The van der Waals surface area contributed by atoms with Crippen LogP contribution in [-0.2, 0) is 10.2 Å². The van der Waals surface area contributed by atoms with Crippen LogP contribution < -0.4 is 0 Å². The Morgan fingerprint density at radius 1 is 1.33 bits per heavy atom. The van der Waals surface area contributed by atoms with Crippen LogP contribution in [0.3, 0.4) is 0 Å². The predicted molar refractivity (Wildman–Crippen MR) is 57.9 cm³/mol. The van der Waals surface area contributed by atoms with Gasteiger partial charge in [-0.3, -0.25) is 0 Å². The summed E-state index contributed by atoms with van der Waals surface area (Å²) in [6.45, 7) is 1.40. The largest absolute Gasteiger partial charge is 0.395 e. The second kappa shape index (κ2) is 3.08. The van der Waals surface area contributed by atoms with Gasteiger partial charge in [-0.2, -0.15) is 0 Å². The van der Waals surface area contributed by atoms with Crippen molar-refractivity contribution in [3.63, 3.8) is 0 Å². The van der Waals surface area contributed by atoms with E-state index in [2.05, 4.69) is 23.2 Å². The summed E-state index contributed by atoms with van der Waals surface area (Å²) in [4.78, 5) is 3.16. The van der Waals surface area contributed by atoms with Crippen molar-refractivity contribution in [1.29, 1.82) is 0 Å². The minimum absolute atomic E-state index is 0.156.